The second-order valence-corrected chi connectivity index (χ2v) is 21.3. The van der Waals surface area contributed by atoms with Gasteiger partial charge in [0.25, 0.3) is 0 Å². The molecule has 6 nitrogen and oxygen atoms in total. The fourth-order valence-corrected chi connectivity index (χ4v) is 8.92. The van der Waals surface area contributed by atoms with E-state index in [4.69, 9.17) is 14.2 Å². The number of esters is 3. The molecule has 0 bridgehead atoms. The molecular weight excluding hydrogens is 949 g/mol. The summed E-state index contributed by atoms with van der Waals surface area (Å²) in [5.41, 5.74) is 0. The van der Waals surface area contributed by atoms with Crippen LogP contribution in [0.2, 0.25) is 0 Å². The molecule has 0 aliphatic carbocycles. The molecule has 0 saturated heterocycles. The number of rotatable bonds is 58. The van der Waals surface area contributed by atoms with E-state index in [-0.39, 0.29) is 31.1 Å². The maximum Gasteiger partial charge on any atom is 0.306 e. The van der Waals surface area contributed by atoms with Gasteiger partial charge in [0, 0.05) is 19.3 Å². The lowest BCUT2D eigenvalue weighted by atomic mass is 10.0. The number of carbonyl (C=O) groups excluding carboxylic acids is 3. The van der Waals surface area contributed by atoms with Crippen molar-refractivity contribution in [1.29, 1.82) is 0 Å². The minimum atomic E-state index is -0.788. The molecule has 1 atom stereocenters. The molecule has 0 aliphatic heterocycles. The smallest absolute Gasteiger partial charge is 0.306 e. The fraction of sp³-hybridized carbons (Fsp3) is 0.704. The Hall–Kier alpha value is -3.93. The van der Waals surface area contributed by atoms with Gasteiger partial charge in [-0.3, -0.25) is 14.4 Å². The lowest BCUT2D eigenvalue weighted by Crippen LogP contribution is -2.30. The van der Waals surface area contributed by atoms with Gasteiger partial charge in [-0.15, -0.1) is 0 Å². The van der Waals surface area contributed by atoms with Gasteiger partial charge < -0.3 is 14.2 Å². The molecule has 0 saturated carbocycles. The summed E-state index contributed by atoms with van der Waals surface area (Å²) in [6.07, 6.45) is 88.1. The minimum absolute atomic E-state index is 0.0837. The Kier molecular flexibility index (Phi) is 61.3. The SMILES string of the molecule is CC/C=C\C/C=C\C/C=C\C/C=C\C/C=C\C/C=C\C/C=C\C/C=C\CCCCCCCCC(=O)OCC(COC(=O)CCCCCCCCCCCCCCC)OC(=O)CCCCCCC/C=C\CCCCCCCC. The molecule has 0 amide bonds. The van der Waals surface area contributed by atoms with E-state index in [0.29, 0.717) is 19.3 Å². The molecule has 0 aromatic rings. The van der Waals surface area contributed by atoms with E-state index >= 15 is 0 Å². The molecule has 1 unspecified atom stereocenters. The molecule has 0 fully saturated rings. The van der Waals surface area contributed by atoms with E-state index in [0.717, 1.165) is 135 Å². The quantitative estimate of drug-likeness (QED) is 0.0261. The van der Waals surface area contributed by atoms with Crippen LogP contribution >= 0.6 is 0 Å². The Morgan fingerprint density at radius 3 is 0.805 bits per heavy atom. The summed E-state index contributed by atoms with van der Waals surface area (Å²) in [5.74, 6) is -0.899. The van der Waals surface area contributed by atoms with Gasteiger partial charge in [-0.25, -0.2) is 0 Å². The van der Waals surface area contributed by atoms with E-state index in [1.54, 1.807) is 0 Å². The first-order valence-electron chi connectivity index (χ1n) is 32.4. The number of ether oxygens (including phenoxy) is 3. The summed E-state index contributed by atoms with van der Waals surface area (Å²) < 4.78 is 16.9. The van der Waals surface area contributed by atoms with Crippen molar-refractivity contribution in [3.05, 3.63) is 109 Å². The second kappa shape index (κ2) is 64.6. The number of carbonyl (C=O) groups is 3. The number of hydrogen-bond donors (Lipinski definition) is 0. The molecule has 0 aliphatic rings. The predicted molar refractivity (Wildman–Crippen MR) is 334 cm³/mol. The molecule has 0 aromatic carbocycles. The van der Waals surface area contributed by atoms with Crippen molar-refractivity contribution in [3.63, 3.8) is 0 Å². The van der Waals surface area contributed by atoms with Gasteiger partial charge in [0.05, 0.1) is 0 Å². The van der Waals surface area contributed by atoms with E-state index in [2.05, 4.69) is 130 Å². The average molecular weight is 1070 g/mol. The highest BCUT2D eigenvalue weighted by molar-refractivity contribution is 5.71. The Morgan fingerprint density at radius 2 is 0.506 bits per heavy atom. The van der Waals surface area contributed by atoms with Crippen LogP contribution in [-0.4, -0.2) is 37.2 Å². The van der Waals surface area contributed by atoms with Crippen LogP contribution in [0.5, 0.6) is 0 Å². The first-order valence-corrected chi connectivity index (χ1v) is 32.4. The molecule has 0 heterocycles. The summed E-state index contributed by atoms with van der Waals surface area (Å²) in [7, 11) is 0. The third-order valence-corrected chi connectivity index (χ3v) is 13.8. The Labute approximate surface area is 476 Å². The fourth-order valence-electron chi connectivity index (χ4n) is 8.92. The third-order valence-electron chi connectivity index (χ3n) is 13.8. The number of allylic oxidation sites excluding steroid dienone is 18. The van der Waals surface area contributed by atoms with Crippen LogP contribution in [0.3, 0.4) is 0 Å². The predicted octanol–water partition coefficient (Wildman–Crippen LogP) is 22.2. The van der Waals surface area contributed by atoms with Gasteiger partial charge in [-0.05, 0) is 109 Å². The minimum Gasteiger partial charge on any atom is -0.462 e. The molecule has 0 N–H and O–H groups in total. The third kappa shape index (κ3) is 62.8. The van der Waals surface area contributed by atoms with Gasteiger partial charge in [-0.1, -0.05) is 284 Å². The zero-order valence-corrected chi connectivity index (χ0v) is 50.4. The van der Waals surface area contributed by atoms with Gasteiger partial charge in [0.2, 0.25) is 0 Å². The highest BCUT2D eigenvalue weighted by Gasteiger charge is 2.19. The molecule has 0 radical (unpaired) electrons. The zero-order chi connectivity index (χ0) is 55.7. The largest absolute Gasteiger partial charge is 0.462 e. The van der Waals surface area contributed by atoms with Crippen LogP contribution in [0.4, 0.5) is 0 Å². The number of unbranched alkanes of at least 4 members (excludes halogenated alkanes) is 29. The van der Waals surface area contributed by atoms with E-state index in [1.807, 2.05) is 0 Å². The van der Waals surface area contributed by atoms with Crippen molar-refractivity contribution < 1.29 is 28.6 Å². The van der Waals surface area contributed by atoms with E-state index in [9.17, 15) is 14.4 Å². The van der Waals surface area contributed by atoms with E-state index < -0.39 is 6.10 Å². The zero-order valence-electron chi connectivity index (χ0n) is 50.4. The molecular formula is C71H120O6. The Bertz CT molecular complexity index is 1560. The summed E-state index contributed by atoms with van der Waals surface area (Å²) in [4.78, 5) is 38.3. The van der Waals surface area contributed by atoms with Crippen LogP contribution in [-0.2, 0) is 28.6 Å². The van der Waals surface area contributed by atoms with Crippen LogP contribution < -0.4 is 0 Å². The van der Waals surface area contributed by atoms with Crippen molar-refractivity contribution >= 4 is 17.9 Å². The van der Waals surface area contributed by atoms with Crippen molar-refractivity contribution in [2.45, 2.75) is 309 Å². The molecule has 0 aromatic heterocycles. The van der Waals surface area contributed by atoms with Crippen LogP contribution in [0.1, 0.15) is 303 Å². The van der Waals surface area contributed by atoms with Gasteiger partial charge in [0.1, 0.15) is 13.2 Å². The average Bonchev–Trinajstić information content (AvgIpc) is 3.43. The van der Waals surface area contributed by atoms with E-state index in [1.165, 1.54) is 128 Å². The monoisotopic (exact) mass is 1070 g/mol. The van der Waals surface area contributed by atoms with Gasteiger partial charge in [0.15, 0.2) is 6.10 Å². The Balaban J connectivity index is 4.31. The van der Waals surface area contributed by atoms with Crippen molar-refractivity contribution in [1.82, 2.24) is 0 Å². The molecule has 0 rings (SSSR count). The maximum absolute atomic E-state index is 12.9. The standard InChI is InChI=1S/C71H120O6/c1-4-7-10-13-16-19-22-25-27-28-29-30-31-32-33-34-35-36-37-38-39-40-41-42-44-46-49-52-55-58-61-64-70(73)76-67-68(66-75-69(72)63-60-57-54-51-48-45-24-21-18-15-12-9-6-3)77-71(74)65-62-59-56-53-50-47-43-26-23-20-17-14-11-8-5-2/h7,10,16,19,25-27,29-30,32-33,35-36,38-39,41-43,68H,4-6,8-9,11-15,17-18,20-24,28,31,34,37,40,44-67H2,1-3H3/b10-7-,19-16-,27-25-,30-29-,33-32-,36-35-,39-38-,42-41-,43-26-. The maximum atomic E-state index is 12.9. The summed E-state index contributed by atoms with van der Waals surface area (Å²) in [6.45, 7) is 6.52. The highest BCUT2D eigenvalue weighted by Crippen LogP contribution is 2.16. The molecule has 6 heteroatoms. The second-order valence-electron chi connectivity index (χ2n) is 21.3. The summed E-state index contributed by atoms with van der Waals surface area (Å²) in [5, 5.41) is 0. The summed E-state index contributed by atoms with van der Waals surface area (Å²) >= 11 is 0. The Morgan fingerprint density at radius 1 is 0.273 bits per heavy atom. The number of hydrogen-bond acceptors (Lipinski definition) is 6. The first kappa shape index (κ1) is 73.1. The van der Waals surface area contributed by atoms with Gasteiger partial charge in [-0.2, -0.15) is 0 Å². The van der Waals surface area contributed by atoms with Crippen LogP contribution in [0.25, 0.3) is 0 Å². The normalized spacial score (nSPS) is 12.8. The lowest BCUT2D eigenvalue weighted by Gasteiger charge is -2.18. The summed E-state index contributed by atoms with van der Waals surface area (Å²) in [6, 6.07) is 0. The first-order chi connectivity index (χ1) is 38.0. The highest BCUT2D eigenvalue weighted by atomic mass is 16.6. The van der Waals surface area contributed by atoms with Crippen molar-refractivity contribution in [2.75, 3.05) is 13.2 Å². The molecule has 77 heavy (non-hydrogen) atoms. The molecule has 440 valence electrons. The van der Waals surface area contributed by atoms with Crippen molar-refractivity contribution in [2.24, 2.45) is 0 Å². The van der Waals surface area contributed by atoms with Gasteiger partial charge >= 0.3 is 17.9 Å². The lowest BCUT2D eigenvalue weighted by molar-refractivity contribution is -0.167. The van der Waals surface area contributed by atoms with Crippen LogP contribution in [0.15, 0.2) is 109 Å². The topological polar surface area (TPSA) is 78.9 Å². The van der Waals surface area contributed by atoms with Crippen molar-refractivity contribution in [3.8, 4) is 0 Å². The van der Waals surface area contributed by atoms with Crippen LogP contribution in [0, 0.1) is 0 Å². The molecule has 0 spiro atoms.